The second-order valence-corrected chi connectivity index (χ2v) is 4.69. The number of hydrogen-bond acceptors (Lipinski definition) is 4. The average molecular weight is 260 g/mol. The monoisotopic (exact) mass is 260 g/mol. The molecule has 1 aliphatic carbocycles. The lowest BCUT2D eigenvalue weighted by molar-refractivity contribution is -0.384. The molecule has 0 unspecified atom stereocenters. The smallest absolute Gasteiger partial charge is 0.270 e. The Hall–Kier alpha value is -2.17. The van der Waals surface area contributed by atoms with Crippen LogP contribution in [0.25, 0.3) is 0 Å². The molecule has 0 N–H and O–H groups in total. The summed E-state index contributed by atoms with van der Waals surface area (Å²) in [6, 6.07) is 4.88. The fourth-order valence-corrected chi connectivity index (χ4v) is 2.14. The highest BCUT2D eigenvalue weighted by Crippen LogP contribution is 2.35. The molecular formula is C14H16N2O3. The highest BCUT2D eigenvalue weighted by atomic mass is 16.6. The molecule has 1 aromatic rings. The van der Waals surface area contributed by atoms with Gasteiger partial charge >= 0.3 is 0 Å². The number of nitro groups is 1. The largest absolute Gasteiger partial charge is 0.364 e. The average Bonchev–Trinajstić information content (AvgIpc) is 3.19. The van der Waals surface area contributed by atoms with Crippen LogP contribution in [0.5, 0.6) is 0 Å². The van der Waals surface area contributed by atoms with Gasteiger partial charge in [-0.15, -0.1) is 6.58 Å². The Bertz CT molecular complexity index is 535. The zero-order valence-corrected chi connectivity index (χ0v) is 10.8. The molecule has 1 fully saturated rings. The summed E-state index contributed by atoms with van der Waals surface area (Å²) < 4.78 is 0. The molecule has 0 amide bonds. The normalized spacial score (nSPS) is 13.9. The van der Waals surface area contributed by atoms with Crippen molar-refractivity contribution in [2.75, 3.05) is 11.4 Å². The van der Waals surface area contributed by atoms with Crippen LogP contribution < -0.4 is 4.90 Å². The Kier molecular flexibility index (Phi) is 3.64. The Morgan fingerprint density at radius 1 is 1.58 bits per heavy atom. The summed E-state index contributed by atoms with van der Waals surface area (Å²) in [5.74, 6) is -0.159. The maximum absolute atomic E-state index is 11.7. The lowest BCUT2D eigenvalue weighted by Gasteiger charge is -2.25. The lowest BCUT2D eigenvalue weighted by Crippen LogP contribution is -2.27. The van der Waals surface area contributed by atoms with Gasteiger partial charge in [0.2, 0.25) is 0 Å². The molecule has 0 bridgehead atoms. The van der Waals surface area contributed by atoms with E-state index in [9.17, 15) is 14.9 Å². The highest BCUT2D eigenvalue weighted by Gasteiger charge is 2.30. The summed E-state index contributed by atoms with van der Waals surface area (Å²) in [6.07, 6.45) is 3.95. The number of ketones is 1. The number of Topliss-reactive ketones (excluding diaryl/α,β-unsaturated/α-hetero) is 1. The van der Waals surface area contributed by atoms with Gasteiger partial charge in [0.05, 0.1) is 4.92 Å². The van der Waals surface area contributed by atoms with Gasteiger partial charge in [-0.05, 0) is 25.8 Å². The summed E-state index contributed by atoms with van der Waals surface area (Å²) >= 11 is 0. The van der Waals surface area contributed by atoms with Crippen LogP contribution in [-0.2, 0) is 0 Å². The van der Waals surface area contributed by atoms with Gasteiger partial charge in [-0.3, -0.25) is 14.9 Å². The first-order valence-electron chi connectivity index (χ1n) is 6.21. The molecule has 1 aliphatic rings. The molecule has 0 radical (unpaired) electrons. The minimum Gasteiger partial charge on any atom is -0.364 e. The molecule has 0 atom stereocenters. The molecule has 5 nitrogen and oxygen atoms in total. The third-order valence-electron chi connectivity index (χ3n) is 3.19. The summed E-state index contributed by atoms with van der Waals surface area (Å²) in [5, 5.41) is 10.8. The van der Waals surface area contributed by atoms with E-state index in [1.165, 1.54) is 19.1 Å². The summed E-state index contributed by atoms with van der Waals surface area (Å²) in [5.41, 5.74) is 1.12. The van der Waals surface area contributed by atoms with E-state index in [-0.39, 0.29) is 11.5 Å². The number of non-ortho nitro benzene ring substituents is 1. The van der Waals surface area contributed by atoms with Gasteiger partial charge in [0, 0.05) is 36.0 Å². The zero-order chi connectivity index (χ0) is 14.0. The molecular weight excluding hydrogens is 244 g/mol. The van der Waals surface area contributed by atoms with E-state index in [2.05, 4.69) is 11.5 Å². The van der Waals surface area contributed by atoms with E-state index in [0.717, 1.165) is 18.5 Å². The standard InChI is InChI=1S/C14H16N2O3/c1-3-8-15(11-4-5-11)14-7-6-12(16(18)19)9-13(14)10(2)17/h3,6-7,9,11H,1,4-5,8H2,2H3. The van der Waals surface area contributed by atoms with Crippen molar-refractivity contribution in [3.8, 4) is 0 Å². The molecule has 0 spiro atoms. The van der Waals surface area contributed by atoms with E-state index in [4.69, 9.17) is 0 Å². The first-order valence-corrected chi connectivity index (χ1v) is 6.21. The van der Waals surface area contributed by atoms with Crippen LogP contribution in [0.4, 0.5) is 11.4 Å². The number of anilines is 1. The second kappa shape index (κ2) is 5.22. The van der Waals surface area contributed by atoms with Crippen LogP contribution in [0.2, 0.25) is 0 Å². The van der Waals surface area contributed by atoms with E-state index in [1.807, 2.05) is 0 Å². The predicted molar refractivity (Wildman–Crippen MR) is 73.7 cm³/mol. The zero-order valence-electron chi connectivity index (χ0n) is 10.8. The minimum absolute atomic E-state index is 0.0525. The molecule has 1 aromatic carbocycles. The molecule has 0 aromatic heterocycles. The first-order chi connectivity index (χ1) is 9.04. The van der Waals surface area contributed by atoms with Crippen molar-refractivity contribution < 1.29 is 9.72 Å². The third kappa shape index (κ3) is 2.81. The van der Waals surface area contributed by atoms with Gasteiger partial charge in [-0.1, -0.05) is 6.08 Å². The number of carbonyl (C=O) groups is 1. The van der Waals surface area contributed by atoms with Crippen LogP contribution in [0.3, 0.4) is 0 Å². The topological polar surface area (TPSA) is 63.4 Å². The summed E-state index contributed by atoms with van der Waals surface area (Å²) in [6.45, 7) is 5.80. The Balaban J connectivity index is 2.45. The number of nitrogens with zero attached hydrogens (tertiary/aromatic N) is 2. The van der Waals surface area contributed by atoms with Crippen LogP contribution in [-0.4, -0.2) is 23.3 Å². The van der Waals surface area contributed by atoms with Gasteiger partial charge in [0.25, 0.3) is 5.69 Å². The first kappa shape index (κ1) is 13.3. The predicted octanol–water partition coefficient (Wildman–Crippen LogP) is 2.95. The van der Waals surface area contributed by atoms with Gasteiger partial charge < -0.3 is 4.90 Å². The number of nitro benzene ring substituents is 1. The van der Waals surface area contributed by atoms with Gasteiger partial charge in [-0.25, -0.2) is 0 Å². The minimum atomic E-state index is -0.481. The molecule has 2 rings (SSSR count). The number of carbonyl (C=O) groups excluding carboxylic acids is 1. The van der Waals surface area contributed by atoms with Crippen molar-refractivity contribution in [3.63, 3.8) is 0 Å². The number of rotatable bonds is 6. The SMILES string of the molecule is C=CCN(c1ccc([N+](=O)[O-])cc1C(C)=O)C1CC1. The number of hydrogen-bond donors (Lipinski definition) is 0. The fourth-order valence-electron chi connectivity index (χ4n) is 2.14. The highest BCUT2D eigenvalue weighted by molar-refractivity contribution is 6.00. The Labute approximate surface area is 111 Å². The van der Waals surface area contributed by atoms with Crippen LogP contribution in [0.1, 0.15) is 30.1 Å². The lowest BCUT2D eigenvalue weighted by atomic mass is 10.1. The van der Waals surface area contributed by atoms with Crippen molar-refractivity contribution in [3.05, 3.63) is 46.5 Å². The molecule has 0 heterocycles. The van der Waals surface area contributed by atoms with Gasteiger partial charge in [0.1, 0.15) is 0 Å². The van der Waals surface area contributed by atoms with E-state index >= 15 is 0 Å². The van der Waals surface area contributed by atoms with Crippen LogP contribution in [0.15, 0.2) is 30.9 Å². The molecule has 100 valence electrons. The summed E-state index contributed by atoms with van der Waals surface area (Å²) in [4.78, 5) is 24.1. The van der Waals surface area contributed by atoms with Crippen molar-refractivity contribution in [2.45, 2.75) is 25.8 Å². The maximum atomic E-state index is 11.7. The molecule has 0 saturated heterocycles. The third-order valence-corrected chi connectivity index (χ3v) is 3.19. The van der Waals surface area contributed by atoms with Crippen molar-refractivity contribution in [1.82, 2.24) is 0 Å². The van der Waals surface area contributed by atoms with E-state index in [0.29, 0.717) is 18.2 Å². The summed E-state index contributed by atoms with van der Waals surface area (Å²) in [7, 11) is 0. The van der Waals surface area contributed by atoms with Crippen molar-refractivity contribution in [2.24, 2.45) is 0 Å². The fraction of sp³-hybridized carbons (Fsp3) is 0.357. The van der Waals surface area contributed by atoms with E-state index in [1.54, 1.807) is 12.1 Å². The van der Waals surface area contributed by atoms with Gasteiger partial charge in [-0.2, -0.15) is 0 Å². The van der Waals surface area contributed by atoms with Crippen molar-refractivity contribution in [1.29, 1.82) is 0 Å². The number of benzene rings is 1. The Morgan fingerprint density at radius 3 is 2.74 bits per heavy atom. The van der Waals surface area contributed by atoms with Gasteiger partial charge in [0.15, 0.2) is 5.78 Å². The Morgan fingerprint density at radius 2 is 2.26 bits per heavy atom. The molecule has 19 heavy (non-hydrogen) atoms. The van der Waals surface area contributed by atoms with Crippen LogP contribution in [0, 0.1) is 10.1 Å². The molecule has 5 heteroatoms. The van der Waals surface area contributed by atoms with E-state index < -0.39 is 4.92 Å². The van der Waals surface area contributed by atoms with Crippen LogP contribution >= 0.6 is 0 Å². The quantitative estimate of drug-likeness (QED) is 0.341. The van der Waals surface area contributed by atoms with Crippen molar-refractivity contribution >= 4 is 17.2 Å². The molecule has 0 aliphatic heterocycles. The maximum Gasteiger partial charge on any atom is 0.270 e. The second-order valence-electron chi connectivity index (χ2n) is 4.69. The molecule has 1 saturated carbocycles.